The van der Waals surface area contributed by atoms with E-state index in [9.17, 15) is 0 Å². The second kappa shape index (κ2) is 5.45. The van der Waals surface area contributed by atoms with Crippen LogP contribution in [0.1, 0.15) is 25.7 Å². The van der Waals surface area contributed by atoms with Crippen molar-refractivity contribution in [3.05, 3.63) is 24.3 Å². The van der Waals surface area contributed by atoms with Gasteiger partial charge in [-0.2, -0.15) is 4.37 Å². The summed E-state index contributed by atoms with van der Waals surface area (Å²) in [5.74, 6) is 1.54. The molecule has 0 unspecified atom stereocenters. The Morgan fingerprint density at radius 3 is 2.78 bits per heavy atom. The van der Waals surface area contributed by atoms with Gasteiger partial charge < -0.3 is 5.32 Å². The maximum absolute atomic E-state index is 5.92. The number of nitrogens with one attached hydrogen (secondary N) is 1. The second-order valence-electron chi connectivity index (χ2n) is 5.05. The predicted octanol–water partition coefficient (Wildman–Crippen LogP) is 4.51. The van der Waals surface area contributed by atoms with Crippen molar-refractivity contribution in [3.8, 4) is 0 Å². The molecule has 1 saturated carbocycles. The van der Waals surface area contributed by atoms with Gasteiger partial charge in [0.2, 0.25) is 0 Å². The third kappa shape index (κ3) is 2.47. The second-order valence-corrected chi connectivity index (χ2v) is 6.13. The van der Waals surface area contributed by atoms with Crippen molar-refractivity contribution < 1.29 is 0 Å². The van der Waals surface area contributed by atoms with Gasteiger partial charge in [0.15, 0.2) is 0 Å². The lowest BCUT2D eigenvalue weighted by atomic mass is 9.87. The monoisotopic (exact) mass is 280 g/mol. The summed E-state index contributed by atoms with van der Waals surface area (Å²) in [5, 5.41) is 6.14. The number of hydrogen-bond donors (Lipinski definition) is 1. The molecule has 1 heterocycles. The molecule has 0 spiro atoms. The number of aromatic nitrogens is 1. The van der Waals surface area contributed by atoms with Crippen LogP contribution in [0.25, 0.3) is 10.9 Å². The molecule has 3 rings (SSSR count). The van der Waals surface area contributed by atoms with Gasteiger partial charge in [0, 0.05) is 17.3 Å². The van der Waals surface area contributed by atoms with E-state index in [1.165, 1.54) is 36.1 Å². The molecule has 1 N–H and O–H groups in total. The Morgan fingerprint density at radius 1 is 1.22 bits per heavy atom. The van der Waals surface area contributed by atoms with E-state index < -0.39 is 0 Å². The summed E-state index contributed by atoms with van der Waals surface area (Å²) >= 11 is 7.50. The Kier molecular flexibility index (Phi) is 3.71. The molecule has 1 fully saturated rings. The Bertz CT molecular complexity index is 517. The fourth-order valence-corrected chi connectivity index (χ4v) is 3.79. The van der Waals surface area contributed by atoms with Crippen LogP contribution >= 0.6 is 23.1 Å². The molecule has 1 aromatic heterocycles. The molecule has 0 saturated heterocycles. The minimum absolute atomic E-state index is 0.591. The molecule has 0 aliphatic heterocycles. The van der Waals surface area contributed by atoms with Crippen molar-refractivity contribution in [2.45, 2.75) is 31.7 Å². The highest BCUT2D eigenvalue weighted by Gasteiger charge is 2.21. The molecule has 2 aromatic rings. The minimum Gasteiger partial charge on any atom is -0.372 e. The Balaban J connectivity index is 1.70. The van der Waals surface area contributed by atoms with Gasteiger partial charge in [-0.3, -0.25) is 0 Å². The summed E-state index contributed by atoms with van der Waals surface area (Å²) in [4.78, 5) is 0. The molecule has 2 nitrogen and oxygen atoms in total. The molecule has 18 heavy (non-hydrogen) atoms. The standard InChI is InChI=1S/C14H17ClN2S/c15-9-10-5-7-11(8-6-10)16-14-12-3-1-2-4-13(12)17-18-14/h1-4,10-11,16H,5-9H2. The SMILES string of the molecule is ClCC1CCC(Nc2snc3ccccc23)CC1. The van der Waals surface area contributed by atoms with Gasteiger partial charge in [-0.15, -0.1) is 11.6 Å². The third-order valence-corrected chi connectivity index (χ3v) is 5.03. The highest BCUT2D eigenvalue weighted by Crippen LogP contribution is 2.32. The van der Waals surface area contributed by atoms with Crippen molar-refractivity contribution in [1.82, 2.24) is 4.37 Å². The number of fused-ring (bicyclic) bond motifs is 1. The number of alkyl halides is 1. The fraction of sp³-hybridized carbons (Fsp3) is 0.500. The lowest BCUT2D eigenvalue weighted by Gasteiger charge is -2.28. The summed E-state index contributed by atoms with van der Waals surface area (Å²) < 4.78 is 4.47. The molecule has 96 valence electrons. The predicted molar refractivity (Wildman–Crippen MR) is 79.7 cm³/mol. The van der Waals surface area contributed by atoms with Gasteiger partial charge in [-0.25, -0.2) is 0 Å². The van der Waals surface area contributed by atoms with E-state index in [1.54, 1.807) is 11.5 Å². The van der Waals surface area contributed by atoms with Crippen LogP contribution in [-0.4, -0.2) is 16.3 Å². The van der Waals surface area contributed by atoms with Crippen molar-refractivity contribution in [3.63, 3.8) is 0 Å². The van der Waals surface area contributed by atoms with E-state index in [2.05, 4.69) is 27.9 Å². The smallest absolute Gasteiger partial charge is 0.117 e. The Labute approximate surface area is 117 Å². The van der Waals surface area contributed by atoms with Crippen LogP contribution in [0, 0.1) is 5.92 Å². The maximum atomic E-state index is 5.92. The first kappa shape index (κ1) is 12.2. The molecular formula is C14H17ClN2S. The molecule has 4 heteroatoms. The molecule has 0 radical (unpaired) electrons. The zero-order valence-electron chi connectivity index (χ0n) is 10.2. The van der Waals surface area contributed by atoms with E-state index in [1.807, 2.05) is 6.07 Å². The third-order valence-electron chi connectivity index (χ3n) is 3.78. The molecular weight excluding hydrogens is 264 g/mol. The van der Waals surface area contributed by atoms with Gasteiger partial charge in [0.1, 0.15) is 5.00 Å². The molecule has 1 aliphatic rings. The average molecular weight is 281 g/mol. The normalized spacial score (nSPS) is 24.3. The van der Waals surface area contributed by atoms with Crippen molar-refractivity contribution in [1.29, 1.82) is 0 Å². The molecule has 0 amide bonds. The lowest BCUT2D eigenvalue weighted by molar-refractivity contribution is 0.365. The topological polar surface area (TPSA) is 24.9 Å². The first-order valence-electron chi connectivity index (χ1n) is 6.53. The van der Waals surface area contributed by atoms with Gasteiger partial charge >= 0.3 is 0 Å². The summed E-state index contributed by atoms with van der Waals surface area (Å²) in [7, 11) is 0. The Hall–Kier alpha value is -0.800. The number of nitrogens with zero attached hydrogens (tertiary/aromatic N) is 1. The van der Waals surface area contributed by atoms with Gasteiger partial charge in [0.25, 0.3) is 0 Å². The van der Waals surface area contributed by atoms with Crippen molar-refractivity contribution >= 4 is 39.0 Å². The zero-order chi connectivity index (χ0) is 12.4. The van der Waals surface area contributed by atoms with E-state index in [4.69, 9.17) is 11.6 Å². The highest BCUT2D eigenvalue weighted by atomic mass is 35.5. The van der Waals surface area contributed by atoms with Crippen LogP contribution in [0.5, 0.6) is 0 Å². The Morgan fingerprint density at radius 2 is 2.00 bits per heavy atom. The van der Waals surface area contributed by atoms with Gasteiger partial charge in [-0.05, 0) is 55.3 Å². The highest BCUT2D eigenvalue weighted by molar-refractivity contribution is 7.11. The summed E-state index contributed by atoms with van der Waals surface area (Å²) in [6.45, 7) is 0. The zero-order valence-corrected chi connectivity index (χ0v) is 11.8. The number of hydrogen-bond acceptors (Lipinski definition) is 3. The maximum Gasteiger partial charge on any atom is 0.117 e. The molecule has 1 aliphatic carbocycles. The molecule has 0 bridgehead atoms. The van der Waals surface area contributed by atoms with Gasteiger partial charge in [0.05, 0.1) is 5.52 Å². The number of rotatable bonds is 3. The largest absolute Gasteiger partial charge is 0.372 e. The first-order chi connectivity index (χ1) is 8.86. The van der Waals surface area contributed by atoms with Crippen LogP contribution < -0.4 is 5.32 Å². The van der Waals surface area contributed by atoms with Crippen LogP contribution in [0.15, 0.2) is 24.3 Å². The number of halogens is 1. The van der Waals surface area contributed by atoms with Crippen LogP contribution in [0.3, 0.4) is 0 Å². The molecule has 0 atom stereocenters. The number of benzene rings is 1. The average Bonchev–Trinajstić information content (AvgIpc) is 2.83. The van der Waals surface area contributed by atoms with Crippen LogP contribution in [-0.2, 0) is 0 Å². The van der Waals surface area contributed by atoms with Crippen LogP contribution in [0.2, 0.25) is 0 Å². The quantitative estimate of drug-likeness (QED) is 0.837. The fourth-order valence-electron chi connectivity index (χ4n) is 2.64. The van der Waals surface area contributed by atoms with Crippen molar-refractivity contribution in [2.75, 3.05) is 11.2 Å². The summed E-state index contributed by atoms with van der Waals surface area (Å²) in [6.07, 6.45) is 4.95. The lowest BCUT2D eigenvalue weighted by Crippen LogP contribution is -2.26. The van der Waals surface area contributed by atoms with E-state index in [0.29, 0.717) is 6.04 Å². The van der Waals surface area contributed by atoms with Crippen molar-refractivity contribution in [2.24, 2.45) is 5.92 Å². The van der Waals surface area contributed by atoms with Crippen LogP contribution in [0.4, 0.5) is 5.00 Å². The summed E-state index contributed by atoms with van der Waals surface area (Å²) in [6, 6.07) is 8.92. The summed E-state index contributed by atoms with van der Waals surface area (Å²) in [5.41, 5.74) is 1.10. The number of anilines is 1. The van der Waals surface area contributed by atoms with E-state index in [0.717, 1.165) is 17.3 Å². The van der Waals surface area contributed by atoms with E-state index in [-0.39, 0.29) is 0 Å². The van der Waals surface area contributed by atoms with Gasteiger partial charge in [-0.1, -0.05) is 12.1 Å². The minimum atomic E-state index is 0.591. The molecule has 1 aromatic carbocycles. The first-order valence-corrected chi connectivity index (χ1v) is 7.84. The van der Waals surface area contributed by atoms with E-state index >= 15 is 0 Å².